The van der Waals surface area contributed by atoms with Gasteiger partial charge >= 0.3 is 6.18 Å². The molecule has 0 aliphatic carbocycles. The fourth-order valence-electron chi connectivity index (χ4n) is 1.10. The molecule has 2 atom stereocenters. The van der Waals surface area contributed by atoms with E-state index in [0.717, 1.165) is 12.1 Å². The molecule has 1 aromatic rings. The number of nitriles is 1. The molecule has 0 bridgehead atoms. The van der Waals surface area contributed by atoms with Gasteiger partial charge < -0.3 is 5.11 Å². The van der Waals surface area contributed by atoms with Gasteiger partial charge in [0.2, 0.25) is 0 Å². The van der Waals surface area contributed by atoms with Crippen molar-refractivity contribution in [3.63, 3.8) is 0 Å². The Morgan fingerprint density at radius 3 is 2.12 bits per heavy atom. The summed E-state index contributed by atoms with van der Waals surface area (Å²) in [6, 6.07) is 6.42. The van der Waals surface area contributed by atoms with E-state index < -0.39 is 18.4 Å². The van der Waals surface area contributed by atoms with Crippen LogP contribution in [0.25, 0.3) is 0 Å². The summed E-state index contributed by atoms with van der Waals surface area (Å²) in [5, 5.41) is 28.4. The minimum Gasteiger partial charge on any atom is -0.381 e. The Labute approximate surface area is 89.4 Å². The lowest BCUT2D eigenvalue weighted by molar-refractivity contribution is -0.239. The first-order chi connectivity index (χ1) is 7.36. The maximum atomic E-state index is 12.0. The van der Waals surface area contributed by atoms with E-state index >= 15 is 0 Å². The smallest absolute Gasteiger partial charge is 0.381 e. The molecule has 6 heteroatoms. The van der Waals surface area contributed by atoms with E-state index in [0.29, 0.717) is 0 Å². The Morgan fingerprint density at radius 1 is 1.25 bits per heavy atom. The van der Waals surface area contributed by atoms with E-state index in [1.54, 1.807) is 6.07 Å². The van der Waals surface area contributed by atoms with Gasteiger partial charge in [-0.1, -0.05) is 12.1 Å². The predicted octanol–water partition coefficient (Wildman–Crippen LogP) is 1.95. The third-order valence-corrected chi connectivity index (χ3v) is 1.99. The number of rotatable bonds is 2. The molecule has 0 amide bonds. The molecular formula is C10H7F3NO2. The van der Waals surface area contributed by atoms with Gasteiger partial charge in [0.1, 0.15) is 0 Å². The Morgan fingerprint density at radius 2 is 1.75 bits per heavy atom. The fourth-order valence-corrected chi connectivity index (χ4v) is 1.10. The van der Waals surface area contributed by atoms with Crippen LogP contribution in [0.2, 0.25) is 0 Å². The van der Waals surface area contributed by atoms with Gasteiger partial charge in [0.15, 0.2) is 12.2 Å². The van der Waals surface area contributed by atoms with E-state index in [9.17, 15) is 18.3 Å². The van der Waals surface area contributed by atoms with Crippen LogP contribution in [0.5, 0.6) is 0 Å². The molecule has 0 heterocycles. The Bertz CT molecular complexity index is 394. The van der Waals surface area contributed by atoms with Crippen molar-refractivity contribution < 1.29 is 23.4 Å². The molecule has 2 unspecified atom stereocenters. The second-order valence-corrected chi connectivity index (χ2v) is 3.14. The summed E-state index contributed by atoms with van der Waals surface area (Å²) in [6.07, 6.45) is -10.2. The van der Waals surface area contributed by atoms with Crippen molar-refractivity contribution >= 4 is 0 Å². The van der Waals surface area contributed by atoms with Crippen molar-refractivity contribution in [3.05, 3.63) is 35.4 Å². The largest absolute Gasteiger partial charge is 0.417 e. The summed E-state index contributed by atoms with van der Waals surface area (Å²) in [6.45, 7) is 0. The van der Waals surface area contributed by atoms with Crippen molar-refractivity contribution in [1.29, 1.82) is 5.26 Å². The third kappa shape index (κ3) is 2.72. The first kappa shape index (κ1) is 12.5. The Hall–Kier alpha value is -1.58. The molecule has 1 N–H and O–H groups in total. The lowest BCUT2D eigenvalue weighted by Crippen LogP contribution is -2.33. The number of alkyl halides is 3. The van der Waals surface area contributed by atoms with Crippen molar-refractivity contribution in [2.75, 3.05) is 0 Å². The first-order valence-corrected chi connectivity index (χ1v) is 4.27. The van der Waals surface area contributed by atoms with Crippen LogP contribution in [0, 0.1) is 11.3 Å². The third-order valence-electron chi connectivity index (χ3n) is 1.99. The normalized spacial score (nSPS) is 15.2. The molecule has 0 saturated carbocycles. The van der Waals surface area contributed by atoms with Crippen LogP contribution in [-0.2, 0) is 5.11 Å². The molecule has 0 spiro atoms. The van der Waals surface area contributed by atoms with Crippen molar-refractivity contribution in [2.24, 2.45) is 0 Å². The van der Waals surface area contributed by atoms with Crippen LogP contribution in [0.4, 0.5) is 13.2 Å². The maximum absolute atomic E-state index is 12.0. The topological polar surface area (TPSA) is 63.9 Å². The van der Waals surface area contributed by atoms with E-state index in [1.165, 1.54) is 12.1 Å². The van der Waals surface area contributed by atoms with Crippen molar-refractivity contribution in [2.45, 2.75) is 18.4 Å². The average Bonchev–Trinajstić information content (AvgIpc) is 2.26. The summed E-state index contributed by atoms with van der Waals surface area (Å²) >= 11 is 0. The number of aliphatic hydroxyl groups excluding tert-OH is 1. The summed E-state index contributed by atoms with van der Waals surface area (Å²) in [4.78, 5) is 0. The Kier molecular flexibility index (Phi) is 3.52. The first-order valence-electron chi connectivity index (χ1n) is 4.27. The number of hydrogen-bond acceptors (Lipinski definition) is 2. The summed E-state index contributed by atoms with van der Waals surface area (Å²) < 4.78 is 36.1. The van der Waals surface area contributed by atoms with Gasteiger partial charge in [-0.25, -0.2) is 5.11 Å². The molecule has 16 heavy (non-hydrogen) atoms. The van der Waals surface area contributed by atoms with E-state index in [2.05, 4.69) is 0 Å². The number of aliphatic hydroxyl groups is 1. The second kappa shape index (κ2) is 4.51. The van der Waals surface area contributed by atoms with Gasteiger partial charge in [-0.2, -0.15) is 18.4 Å². The zero-order valence-electron chi connectivity index (χ0n) is 7.90. The van der Waals surface area contributed by atoms with E-state index in [-0.39, 0.29) is 11.1 Å². The SMILES string of the molecule is N#Cc1ccc(C([O])C(O)C(F)(F)F)cc1. The summed E-state index contributed by atoms with van der Waals surface area (Å²) in [5.41, 5.74) is 0.0290. The second-order valence-electron chi connectivity index (χ2n) is 3.14. The number of benzene rings is 1. The molecule has 0 aliphatic rings. The van der Waals surface area contributed by atoms with Crippen LogP contribution in [0.15, 0.2) is 24.3 Å². The highest BCUT2D eigenvalue weighted by atomic mass is 19.4. The molecule has 0 fully saturated rings. The lowest BCUT2D eigenvalue weighted by atomic mass is 10.0. The molecule has 0 aromatic heterocycles. The van der Waals surface area contributed by atoms with Gasteiger partial charge in [0, 0.05) is 0 Å². The maximum Gasteiger partial charge on any atom is 0.417 e. The number of hydrogen-bond donors (Lipinski definition) is 1. The standard InChI is InChI=1S/C10H7F3NO2/c11-10(12,13)9(16)8(15)7-3-1-6(5-14)2-4-7/h1-4,8-9,16H. The monoisotopic (exact) mass is 230 g/mol. The van der Waals surface area contributed by atoms with Gasteiger partial charge in [-0.15, -0.1) is 0 Å². The molecule has 1 radical (unpaired) electrons. The highest BCUT2D eigenvalue weighted by Crippen LogP contribution is 2.30. The molecule has 3 nitrogen and oxygen atoms in total. The molecule has 1 rings (SSSR count). The predicted molar refractivity (Wildman–Crippen MR) is 46.6 cm³/mol. The van der Waals surface area contributed by atoms with Crippen molar-refractivity contribution in [1.82, 2.24) is 0 Å². The Balaban J connectivity index is 2.89. The van der Waals surface area contributed by atoms with Crippen molar-refractivity contribution in [3.8, 4) is 6.07 Å². The molecule has 85 valence electrons. The quantitative estimate of drug-likeness (QED) is 0.843. The lowest BCUT2D eigenvalue weighted by Gasteiger charge is -2.18. The van der Waals surface area contributed by atoms with Gasteiger partial charge in [0.05, 0.1) is 11.6 Å². The van der Waals surface area contributed by atoms with Gasteiger partial charge in [0.25, 0.3) is 0 Å². The van der Waals surface area contributed by atoms with E-state index in [1.807, 2.05) is 0 Å². The summed E-state index contributed by atoms with van der Waals surface area (Å²) in [7, 11) is 0. The number of halogens is 3. The molecule has 0 saturated heterocycles. The van der Waals surface area contributed by atoms with Crippen LogP contribution < -0.4 is 0 Å². The van der Waals surface area contributed by atoms with Crippen LogP contribution >= 0.6 is 0 Å². The van der Waals surface area contributed by atoms with E-state index in [4.69, 9.17) is 10.4 Å². The average molecular weight is 230 g/mol. The highest BCUT2D eigenvalue weighted by Gasteiger charge is 2.44. The van der Waals surface area contributed by atoms with Crippen LogP contribution in [0.1, 0.15) is 17.2 Å². The van der Waals surface area contributed by atoms with Gasteiger partial charge in [-0.3, -0.25) is 0 Å². The zero-order valence-corrected chi connectivity index (χ0v) is 7.90. The molecule has 0 aliphatic heterocycles. The number of nitrogens with zero attached hydrogens (tertiary/aromatic N) is 1. The minimum absolute atomic E-state index is 0.205. The zero-order chi connectivity index (χ0) is 12.3. The summed E-state index contributed by atoms with van der Waals surface area (Å²) in [5.74, 6) is 0. The minimum atomic E-state index is -4.94. The van der Waals surface area contributed by atoms with Crippen LogP contribution in [-0.4, -0.2) is 17.4 Å². The highest BCUT2D eigenvalue weighted by molar-refractivity contribution is 5.32. The fraction of sp³-hybridized carbons (Fsp3) is 0.300. The van der Waals surface area contributed by atoms with Crippen LogP contribution in [0.3, 0.4) is 0 Å². The van der Waals surface area contributed by atoms with Gasteiger partial charge in [-0.05, 0) is 17.7 Å². The molecular weight excluding hydrogens is 223 g/mol. The molecule has 1 aromatic carbocycles.